The van der Waals surface area contributed by atoms with E-state index in [1.807, 2.05) is 6.92 Å². The van der Waals surface area contributed by atoms with Gasteiger partial charge in [-0.3, -0.25) is 9.59 Å². The first kappa shape index (κ1) is 27.4. The lowest BCUT2D eigenvalue weighted by Crippen LogP contribution is -2.79. The Bertz CT molecular complexity index is 1270. The van der Waals surface area contributed by atoms with Crippen LogP contribution in [0.15, 0.2) is 47.1 Å². The number of hydrogen-bond donors (Lipinski definition) is 2. The van der Waals surface area contributed by atoms with E-state index in [0.717, 1.165) is 0 Å². The number of fused-ring (bicyclic) bond motifs is 4. The molecule has 3 aliphatic rings. The van der Waals surface area contributed by atoms with Gasteiger partial charge >= 0.3 is 17.9 Å². The van der Waals surface area contributed by atoms with Gasteiger partial charge in [0.15, 0.2) is 6.10 Å². The number of benzene rings is 1. The standard InChI is InChI=1S/C30H36O9/c1-16(31)38-25-24(32)23-19(15-20-18(12-14-37-20)22(23)27(34)36-5)29(4)13-11-21(28(2,3)30(25,29)35)39-26(33)17-9-7-6-8-10-17/h6-10,12,14,19,21-25,32,35H,11,13,15H2,1-5H3/t19-,21-,22+,23+,24+,25+,29+,30+/m0/s1. The van der Waals surface area contributed by atoms with Crippen LogP contribution in [0.25, 0.3) is 0 Å². The lowest BCUT2D eigenvalue weighted by Gasteiger charge is -2.69. The van der Waals surface area contributed by atoms with E-state index in [2.05, 4.69) is 0 Å². The summed E-state index contributed by atoms with van der Waals surface area (Å²) in [6, 6.07) is 10.3. The first-order valence-electron chi connectivity index (χ1n) is 13.4. The van der Waals surface area contributed by atoms with Crippen molar-refractivity contribution in [3.05, 3.63) is 59.5 Å². The second kappa shape index (κ2) is 9.48. The maximum atomic E-state index is 13.1. The Labute approximate surface area is 227 Å². The zero-order valence-electron chi connectivity index (χ0n) is 22.9. The Morgan fingerprint density at radius 3 is 2.38 bits per heavy atom. The Hall–Kier alpha value is -3.17. The maximum Gasteiger partial charge on any atom is 0.338 e. The van der Waals surface area contributed by atoms with Crippen molar-refractivity contribution in [3.8, 4) is 0 Å². The fourth-order valence-electron chi connectivity index (χ4n) is 7.95. The average molecular weight is 541 g/mol. The smallest absolute Gasteiger partial charge is 0.338 e. The summed E-state index contributed by atoms with van der Waals surface area (Å²) in [5.41, 5.74) is -2.96. The van der Waals surface area contributed by atoms with Crippen LogP contribution in [0.2, 0.25) is 0 Å². The quantitative estimate of drug-likeness (QED) is 0.442. The highest BCUT2D eigenvalue weighted by Crippen LogP contribution is 2.67. The molecule has 3 aliphatic carbocycles. The van der Waals surface area contributed by atoms with Crippen molar-refractivity contribution in [1.82, 2.24) is 0 Å². The SMILES string of the molecule is COC(=O)[C@@H]1c2ccoc2C[C@H]2[C@H]1[C@@H](O)[C@@H](OC(C)=O)[C@@]1(O)C(C)(C)[C@@H](OC(=O)c3ccccc3)CC[C@]21C. The van der Waals surface area contributed by atoms with Gasteiger partial charge < -0.3 is 28.8 Å². The number of hydrogen-bond acceptors (Lipinski definition) is 9. The van der Waals surface area contributed by atoms with Gasteiger partial charge in [-0.1, -0.05) is 39.0 Å². The van der Waals surface area contributed by atoms with Crippen LogP contribution in [0.3, 0.4) is 0 Å². The van der Waals surface area contributed by atoms with Crippen LogP contribution < -0.4 is 0 Å². The van der Waals surface area contributed by atoms with Crippen LogP contribution in [0, 0.1) is 22.7 Å². The molecule has 5 rings (SSSR count). The third kappa shape index (κ3) is 3.84. The van der Waals surface area contributed by atoms with Crippen LogP contribution in [0.5, 0.6) is 0 Å². The molecule has 1 heterocycles. The highest BCUT2D eigenvalue weighted by Gasteiger charge is 2.76. The maximum absolute atomic E-state index is 13.1. The fraction of sp³-hybridized carbons (Fsp3) is 0.567. The van der Waals surface area contributed by atoms with Gasteiger partial charge in [0.25, 0.3) is 0 Å². The molecule has 2 aromatic rings. The molecule has 1 aromatic carbocycles. The normalized spacial score (nSPS) is 36.5. The average Bonchev–Trinajstić information content (AvgIpc) is 3.38. The molecule has 8 atom stereocenters. The van der Waals surface area contributed by atoms with Gasteiger partial charge in [-0.05, 0) is 37.0 Å². The minimum absolute atomic E-state index is 0.369. The minimum Gasteiger partial charge on any atom is -0.469 e. The molecule has 0 aliphatic heterocycles. The van der Waals surface area contributed by atoms with Crippen molar-refractivity contribution in [2.75, 3.05) is 7.11 Å². The van der Waals surface area contributed by atoms with Crippen molar-refractivity contribution in [2.24, 2.45) is 22.7 Å². The summed E-state index contributed by atoms with van der Waals surface area (Å²) in [5, 5.41) is 24.8. The van der Waals surface area contributed by atoms with Gasteiger partial charge in [0.05, 0.1) is 31.0 Å². The molecule has 0 radical (unpaired) electrons. The molecule has 0 amide bonds. The molecule has 1 aromatic heterocycles. The Balaban J connectivity index is 1.62. The molecule has 210 valence electrons. The second-order valence-electron chi connectivity index (χ2n) is 11.9. The lowest BCUT2D eigenvalue weighted by molar-refractivity contribution is -0.331. The molecule has 2 fully saturated rings. The lowest BCUT2D eigenvalue weighted by atomic mass is 9.39. The van der Waals surface area contributed by atoms with Crippen LogP contribution in [-0.2, 0) is 30.2 Å². The third-order valence-corrected chi connectivity index (χ3v) is 9.90. The summed E-state index contributed by atoms with van der Waals surface area (Å²) in [5.74, 6) is -3.15. The van der Waals surface area contributed by atoms with Gasteiger partial charge in [-0.2, -0.15) is 0 Å². The molecule has 9 heteroatoms. The topological polar surface area (TPSA) is 132 Å². The van der Waals surface area contributed by atoms with E-state index < -0.39 is 70.4 Å². The first-order chi connectivity index (χ1) is 18.4. The number of carbonyl (C=O) groups is 3. The molecule has 0 unspecified atom stereocenters. The third-order valence-electron chi connectivity index (χ3n) is 9.90. The molecular weight excluding hydrogens is 504 g/mol. The zero-order valence-corrected chi connectivity index (χ0v) is 22.9. The Morgan fingerprint density at radius 2 is 1.74 bits per heavy atom. The van der Waals surface area contributed by atoms with Crippen LogP contribution in [0.4, 0.5) is 0 Å². The predicted molar refractivity (Wildman–Crippen MR) is 137 cm³/mol. The van der Waals surface area contributed by atoms with Crippen molar-refractivity contribution >= 4 is 17.9 Å². The first-order valence-corrected chi connectivity index (χ1v) is 13.4. The summed E-state index contributed by atoms with van der Waals surface area (Å²) >= 11 is 0. The van der Waals surface area contributed by atoms with Crippen molar-refractivity contribution in [2.45, 2.75) is 76.8 Å². The van der Waals surface area contributed by atoms with E-state index in [4.69, 9.17) is 18.6 Å². The Kier molecular flexibility index (Phi) is 6.66. The number of furan rings is 1. The molecule has 0 saturated heterocycles. The van der Waals surface area contributed by atoms with Gasteiger partial charge in [0.2, 0.25) is 0 Å². The summed E-state index contributed by atoms with van der Waals surface area (Å²) in [6.45, 7) is 6.67. The molecule has 39 heavy (non-hydrogen) atoms. The number of aliphatic hydroxyl groups excluding tert-OH is 1. The number of aliphatic hydroxyl groups is 2. The Morgan fingerprint density at radius 1 is 1.05 bits per heavy atom. The number of esters is 3. The molecular formula is C30H36O9. The summed E-state index contributed by atoms with van der Waals surface area (Å²) < 4.78 is 22.6. The number of ether oxygens (including phenoxy) is 3. The van der Waals surface area contributed by atoms with Crippen molar-refractivity contribution < 1.29 is 43.2 Å². The van der Waals surface area contributed by atoms with Crippen LogP contribution in [0.1, 0.15) is 68.1 Å². The van der Waals surface area contributed by atoms with E-state index in [1.54, 1.807) is 50.2 Å². The second-order valence-corrected chi connectivity index (χ2v) is 11.9. The molecule has 2 N–H and O–H groups in total. The molecule has 9 nitrogen and oxygen atoms in total. The fourth-order valence-corrected chi connectivity index (χ4v) is 7.95. The van der Waals surface area contributed by atoms with Gasteiger partial charge in [-0.25, -0.2) is 4.79 Å². The summed E-state index contributed by atoms with van der Waals surface area (Å²) in [6.07, 6.45) is -0.870. The van der Waals surface area contributed by atoms with E-state index in [0.29, 0.717) is 36.1 Å². The number of methoxy groups -OCH3 is 1. The zero-order chi connectivity index (χ0) is 28.3. The number of rotatable bonds is 4. The van der Waals surface area contributed by atoms with E-state index in [9.17, 15) is 24.6 Å². The van der Waals surface area contributed by atoms with Gasteiger partial charge in [0, 0.05) is 35.7 Å². The predicted octanol–water partition coefficient (Wildman–Crippen LogP) is 3.41. The van der Waals surface area contributed by atoms with E-state index >= 15 is 0 Å². The van der Waals surface area contributed by atoms with Crippen molar-refractivity contribution in [1.29, 1.82) is 0 Å². The monoisotopic (exact) mass is 540 g/mol. The van der Waals surface area contributed by atoms with Gasteiger partial charge in [-0.15, -0.1) is 0 Å². The van der Waals surface area contributed by atoms with Gasteiger partial charge in [0.1, 0.15) is 17.5 Å². The minimum atomic E-state index is -1.84. The molecule has 2 saturated carbocycles. The van der Waals surface area contributed by atoms with Crippen molar-refractivity contribution in [3.63, 3.8) is 0 Å². The van der Waals surface area contributed by atoms with Crippen LogP contribution in [-0.4, -0.2) is 59.1 Å². The summed E-state index contributed by atoms with van der Waals surface area (Å²) in [7, 11) is 1.29. The summed E-state index contributed by atoms with van der Waals surface area (Å²) in [4.78, 5) is 38.6. The molecule has 0 spiro atoms. The van der Waals surface area contributed by atoms with E-state index in [-0.39, 0.29) is 0 Å². The molecule has 0 bridgehead atoms. The number of carbonyl (C=O) groups excluding carboxylic acids is 3. The van der Waals surface area contributed by atoms with E-state index in [1.165, 1.54) is 20.3 Å². The highest BCUT2D eigenvalue weighted by molar-refractivity contribution is 5.89. The highest BCUT2D eigenvalue weighted by atomic mass is 16.6. The van der Waals surface area contributed by atoms with Crippen LogP contribution >= 0.6 is 0 Å². The largest absolute Gasteiger partial charge is 0.469 e.